The molecule has 3 aromatic rings. The maximum Gasteiger partial charge on any atom is 0.222 e. The van der Waals surface area contributed by atoms with Crippen molar-refractivity contribution in [1.82, 2.24) is 15.1 Å². The van der Waals surface area contributed by atoms with Gasteiger partial charge in [-0.05, 0) is 56.5 Å². The number of nitrogens with one attached hydrogen (secondary N) is 2. The van der Waals surface area contributed by atoms with Crippen LogP contribution in [0.2, 0.25) is 0 Å². The number of hydrogen-bond acceptors (Lipinski definition) is 7. The first-order valence-electron chi connectivity index (χ1n) is 13.2. The highest BCUT2D eigenvalue weighted by Gasteiger charge is 2.24. The number of hydrogen-bond donors (Lipinski definition) is 2. The molecule has 0 aliphatic carbocycles. The van der Waals surface area contributed by atoms with Gasteiger partial charge in [0.1, 0.15) is 23.1 Å². The van der Waals surface area contributed by atoms with Gasteiger partial charge in [-0.1, -0.05) is 12.1 Å². The van der Waals surface area contributed by atoms with Gasteiger partial charge in [0.05, 0.1) is 30.9 Å². The smallest absolute Gasteiger partial charge is 0.222 e. The Morgan fingerprint density at radius 1 is 1.15 bits per heavy atom. The lowest BCUT2D eigenvalue weighted by Gasteiger charge is -2.29. The van der Waals surface area contributed by atoms with Crippen LogP contribution in [-0.2, 0) is 9.84 Å². The fraction of sp³-hybridized carbons (Fsp3) is 0.429. The van der Waals surface area contributed by atoms with E-state index in [1.54, 1.807) is 17.9 Å². The minimum absolute atomic E-state index is 0.0318. The average molecular weight is 553 g/mol. The summed E-state index contributed by atoms with van der Waals surface area (Å²) in [4.78, 5) is 5.27. The lowest BCUT2D eigenvalue weighted by Crippen LogP contribution is -2.40. The molecule has 2 saturated heterocycles. The number of aromatic nitrogens is 2. The molecule has 0 radical (unpaired) electrons. The van der Waals surface area contributed by atoms with E-state index in [1.165, 1.54) is 12.1 Å². The molecule has 2 N–H and O–H groups in total. The van der Waals surface area contributed by atoms with Crippen LogP contribution in [0, 0.1) is 18.3 Å². The summed E-state index contributed by atoms with van der Waals surface area (Å²) in [5.41, 5.74) is 2.75. The molecule has 0 amide bonds. The Hall–Kier alpha value is -3.62. The van der Waals surface area contributed by atoms with E-state index in [4.69, 9.17) is 16.4 Å². The Labute approximate surface area is 228 Å². The molecule has 1 aromatic heterocycles. The van der Waals surface area contributed by atoms with E-state index in [0.717, 1.165) is 44.6 Å². The van der Waals surface area contributed by atoms with Crippen molar-refractivity contribution < 1.29 is 17.5 Å². The third-order valence-electron chi connectivity index (χ3n) is 7.44. The number of anilines is 2. The van der Waals surface area contributed by atoms with Crippen LogP contribution >= 0.6 is 0 Å². The van der Waals surface area contributed by atoms with Gasteiger partial charge in [0, 0.05) is 43.0 Å². The molecule has 3 heterocycles. The first-order chi connectivity index (χ1) is 18.9. The van der Waals surface area contributed by atoms with Gasteiger partial charge in [0.2, 0.25) is 5.69 Å². The molecular formula is C28H33FN6O3S. The maximum absolute atomic E-state index is 14.6. The molecule has 2 aliphatic heterocycles. The minimum Gasteiger partial charge on any atom is -0.494 e. The van der Waals surface area contributed by atoms with Crippen LogP contribution in [0.3, 0.4) is 0 Å². The Kier molecular flexibility index (Phi) is 8.04. The van der Waals surface area contributed by atoms with Crippen LogP contribution in [0.5, 0.6) is 5.75 Å². The summed E-state index contributed by atoms with van der Waals surface area (Å²) in [6.45, 7) is 10.9. The molecular weight excluding hydrogens is 519 g/mol. The summed E-state index contributed by atoms with van der Waals surface area (Å²) in [6.07, 6.45) is 3.38. The van der Waals surface area contributed by atoms with Gasteiger partial charge in [0.15, 0.2) is 9.84 Å². The van der Waals surface area contributed by atoms with Crippen molar-refractivity contribution in [2.24, 2.45) is 5.92 Å². The van der Waals surface area contributed by atoms with E-state index in [2.05, 4.69) is 15.5 Å². The normalized spacial score (nSPS) is 19.2. The summed E-state index contributed by atoms with van der Waals surface area (Å²) in [5.74, 6) is 1.43. The predicted molar refractivity (Wildman–Crippen MR) is 151 cm³/mol. The minimum atomic E-state index is -3.00. The SMILES string of the molecule is [C-]#[N+]c1ccc(-c2cc(NC[C@@H]3CCCNCC3)nn2-c2ccc(N3CCS(=O)(=O)CC3)cc2OC)cc1F. The van der Waals surface area contributed by atoms with Gasteiger partial charge in [-0.3, -0.25) is 0 Å². The van der Waals surface area contributed by atoms with E-state index in [9.17, 15) is 12.8 Å². The largest absolute Gasteiger partial charge is 0.494 e. The van der Waals surface area contributed by atoms with E-state index >= 15 is 0 Å². The lowest BCUT2D eigenvalue weighted by atomic mass is 10.0. The molecule has 2 aromatic carbocycles. The lowest BCUT2D eigenvalue weighted by molar-refractivity contribution is 0.412. The number of sulfone groups is 1. The number of ether oxygens (including phenoxy) is 1. The number of rotatable bonds is 7. The van der Waals surface area contributed by atoms with E-state index in [1.807, 2.05) is 29.2 Å². The van der Waals surface area contributed by atoms with Gasteiger partial charge >= 0.3 is 0 Å². The fourth-order valence-corrected chi connectivity index (χ4v) is 6.37. The van der Waals surface area contributed by atoms with Crippen LogP contribution in [0.1, 0.15) is 19.3 Å². The highest BCUT2D eigenvalue weighted by atomic mass is 32.2. The molecule has 0 saturated carbocycles. The number of halogens is 1. The second-order valence-electron chi connectivity index (χ2n) is 10.0. The fourth-order valence-electron chi connectivity index (χ4n) is 5.17. The highest BCUT2D eigenvalue weighted by Crippen LogP contribution is 2.35. The molecule has 9 nitrogen and oxygen atoms in total. The zero-order chi connectivity index (χ0) is 27.4. The van der Waals surface area contributed by atoms with Crippen molar-refractivity contribution in [3.8, 4) is 22.7 Å². The Balaban J connectivity index is 1.49. The predicted octanol–water partition coefficient (Wildman–Crippen LogP) is 4.27. The third-order valence-corrected chi connectivity index (χ3v) is 9.05. The molecule has 11 heteroatoms. The Bertz CT molecular complexity index is 1460. The van der Waals surface area contributed by atoms with E-state index in [-0.39, 0.29) is 17.2 Å². The van der Waals surface area contributed by atoms with Gasteiger partial charge < -0.3 is 20.3 Å². The molecule has 0 bridgehead atoms. The Morgan fingerprint density at radius 2 is 1.97 bits per heavy atom. The van der Waals surface area contributed by atoms with Crippen molar-refractivity contribution in [2.75, 3.05) is 61.6 Å². The molecule has 1 atom stereocenters. The van der Waals surface area contributed by atoms with Crippen LogP contribution in [0.25, 0.3) is 21.8 Å². The van der Waals surface area contributed by atoms with Crippen molar-refractivity contribution >= 4 is 27.0 Å². The van der Waals surface area contributed by atoms with Gasteiger partial charge in [0.25, 0.3) is 0 Å². The monoisotopic (exact) mass is 552 g/mol. The quantitative estimate of drug-likeness (QED) is 0.423. The molecule has 5 rings (SSSR count). The summed E-state index contributed by atoms with van der Waals surface area (Å²) in [5, 5.41) is 11.8. The van der Waals surface area contributed by atoms with Crippen molar-refractivity contribution in [3.63, 3.8) is 0 Å². The number of methoxy groups -OCH3 is 1. The maximum atomic E-state index is 14.6. The zero-order valence-electron chi connectivity index (χ0n) is 22.0. The van der Waals surface area contributed by atoms with E-state index in [0.29, 0.717) is 47.5 Å². The Morgan fingerprint density at radius 3 is 2.72 bits per heavy atom. The molecule has 39 heavy (non-hydrogen) atoms. The summed E-state index contributed by atoms with van der Waals surface area (Å²) >= 11 is 0. The first kappa shape index (κ1) is 27.0. The number of nitrogens with zero attached hydrogens (tertiary/aromatic N) is 4. The first-order valence-corrected chi connectivity index (χ1v) is 15.0. The van der Waals surface area contributed by atoms with Gasteiger partial charge in [-0.2, -0.15) is 0 Å². The topological polar surface area (TPSA) is 92.9 Å². The summed E-state index contributed by atoms with van der Waals surface area (Å²) in [7, 11) is -1.42. The third kappa shape index (κ3) is 6.18. The van der Waals surface area contributed by atoms with Crippen molar-refractivity contribution in [2.45, 2.75) is 19.3 Å². The summed E-state index contributed by atoms with van der Waals surface area (Å²) < 4.78 is 45.9. The van der Waals surface area contributed by atoms with Crippen molar-refractivity contribution in [1.29, 1.82) is 0 Å². The highest BCUT2D eigenvalue weighted by molar-refractivity contribution is 7.91. The average Bonchev–Trinajstić information content (AvgIpc) is 3.18. The zero-order valence-corrected chi connectivity index (χ0v) is 22.8. The van der Waals surface area contributed by atoms with Crippen molar-refractivity contribution in [3.05, 3.63) is 59.7 Å². The molecule has 2 fully saturated rings. The van der Waals surface area contributed by atoms with Gasteiger partial charge in [-0.25, -0.2) is 22.3 Å². The number of benzene rings is 2. The van der Waals surface area contributed by atoms with Crippen LogP contribution in [0.4, 0.5) is 21.6 Å². The van der Waals surface area contributed by atoms with Gasteiger partial charge in [-0.15, -0.1) is 5.10 Å². The van der Waals surface area contributed by atoms with E-state index < -0.39 is 15.7 Å². The second-order valence-corrected chi connectivity index (χ2v) is 12.3. The summed E-state index contributed by atoms with van der Waals surface area (Å²) in [6, 6.07) is 12.1. The molecule has 0 unspecified atom stereocenters. The second kappa shape index (κ2) is 11.6. The van der Waals surface area contributed by atoms with Crippen LogP contribution in [-0.4, -0.2) is 69.5 Å². The standard InChI is InChI=1S/C28H33FN6O3S/c1-30-24-7-5-21(16-23(24)29)26-18-28(32-19-20-4-3-10-31-11-9-20)33-35(26)25-8-6-22(17-27(25)38-2)34-12-14-39(36,37)15-13-34/h5-8,16-18,20,31H,3-4,9-15,19H2,2H3,(H,32,33)/t20-/m1/s1. The van der Waals surface area contributed by atoms with Crippen LogP contribution < -0.4 is 20.3 Å². The van der Waals surface area contributed by atoms with Crippen LogP contribution in [0.15, 0.2) is 42.5 Å². The molecule has 206 valence electrons. The molecule has 0 spiro atoms. The molecule has 2 aliphatic rings.